The highest BCUT2D eigenvalue weighted by molar-refractivity contribution is 5.95. The second-order valence-corrected chi connectivity index (χ2v) is 7.08. The SMILES string of the molecule is CCCNC(=O)COc1cc(C)c2c(-c3ccccc3)nn(-c3ccccc3)c2n1. The molecule has 0 aliphatic carbocycles. The van der Waals surface area contributed by atoms with Crippen molar-refractivity contribution in [1.82, 2.24) is 20.1 Å². The quantitative estimate of drug-likeness (QED) is 0.502. The molecule has 0 aliphatic rings. The molecule has 6 heteroatoms. The van der Waals surface area contributed by atoms with E-state index < -0.39 is 0 Å². The van der Waals surface area contributed by atoms with Crippen molar-refractivity contribution in [3.05, 3.63) is 72.3 Å². The van der Waals surface area contributed by atoms with Gasteiger partial charge in [-0.2, -0.15) is 10.1 Å². The van der Waals surface area contributed by atoms with E-state index in [9.17, 15) is 4.79 Å². The van der Waals surface area contributed by atoms with Crippen LogP contribution in [0.4, 0.5) is 0 Å². The van der Waals surface area contributed by atoms with Crippen LogP contribution in [0, 0.1) is 6.92 Å². The first-order valence-corrected chi connectivity index (χ1v) is 10.1. The molecule has 0 saturated heterocycles. The van der Waals surface area contributed by atoms with Crippen LogP contribution in [0.5, 0.6) is 5.88 Å². The molecule has 0 saturated carbocycles. The lowest BCUT2D eigenvalue weighted by molar-refractivity contribution is -0.123. The molecule has 1 amide bonds. The van der Waals surface area contributed by atoms with E-state index in [1.165, 1.54) is 0 Å². The van der Waals surface area contributed by atoms with Crippen molar-refractivity contribution in [3.8, 4) is 22.8 Å². The van der Waals surface area contributed by atoms with E-state index >= 15 is 0 Å². The maximum absolute atomic E-state index is 11.9. The fourth-order valence-corrected chi connectivity index (χ4v) is 3.35. The molecule has 2 aromatic carbocycles. The Hall–Kier alpha value is -3.67. The Morgan fingerprint density at radius 3 is 2.47 bits per heavy atom. The minimum Gasteiger partial charge on any atom is -0.468 e. The predicted octanol–water partition coefficient (Wildman–Crippen LogP) is 4.30. The lowest BCUT2D eigenvalue weighted by atomic mass is 10.1. The second kappa shape index (κ2) is 8.78. The van der Waals surface area contributed by atoms with Crippen LogP contribution in [0.2, 0.25) is 0 Å². The lowest BCUT2D eigenvalue weighted by Crippen LogP contribution is -2.29. The summed E-state index contributed by atoms with van der Waals surface area (Å²) in [5.41, 5.74) is 4.49. The minimum absolute atomic E-state index is 0.0665. The molecule has 2 aromatic heterocycles. The number of benzene rings is 2. The van der Waals surface area contributed by atoms with Gasteiger partial charge in [0.15, 0.2) is 12.3 Å². The topological polar surface area (TPSA) is 69.0 Å². The van der Waals surface area contributed by atoms with Crippen molar-refractivity contribution in [3.63, 3.8) is 0 Å². The number of carbonyl (C=O) groups is 1. The molecule has 0 aliphatic heterocycles. The Morgan fingerprint density at radius 1 is 1.07 bits per heavy atom. The van der Waals surface area contributed by atoms with Gasteiger partial charge in [0, 0.05) is 18.2 Å². The average Bonchev–Trinajstić information content (AvgIpc) is 3.17. The highest BCUT2D eigenvalue weighted by Gasteiger charge is 2.18. The van der Waals surface area contributed by atoms with Crippen LogP contribution in [0.15, 0.2) is 66.7 Å². The lowest BCUT2D eigenvalue weighted by Gasteiger charge is -2.09. The summed E-state index contributed by atoms with van der Waals surface area (Å²) >= 11 is 0. The standard InChI is InChI=1S/C24H24N4O2/c1-3-14-25-20(29)16-30-21-15-17(2)22-23(18-10-6-4-7-11-18)27-28(24(22)26-21)19-12-8-5-9-13-19/h4-13,15H,3,14,16H2,1-2H3,(H,25,29). The fourth-order valence-electron chi connectivity index (χ4n) is 3.35. The maximum atomic E-state index is 11.9. The highest BCUT2D eigenvalue weighted by atomic mass is 16.5. The molecule has 0 atom stereocenters. The molecule has 4 rings (SSSR count). The van der Waals surface area contributed by atoms with Gasteiger partial charge >= 0.3 is 0 Å². The summed E-state index contributed by atoms with van der Waals surface area (Å²) < 4.78 is 7.52. The van der Waals surface area contributed by atoms with Crippen LogP contribution in [0.1, 0.15) is 18.9 Å². The first-order chi connectivity index (χ1) is 14.7. The summed E-state index contributed by atoms with van der Waals surface area (Å²) in [6.07, 6.45) is 0.883. The minimum atomic E-state index is -0.155. The number of para-hydroxylation sites is 1. The van der Waals surface area contributed by atoms with Gasteiger partial charge in [-0.3, -0.25) is 4.79 Å². The van der Waals surface area contributed by atoms with Gasteiger partial charge in [0.2, 0.25) is 5.88 Å². The van der Waals surface area contributed by atoms with Gasteiger partial charge in [-0.25, -0.2) is 4.68 Å². The van der Waals surface area contributed by atoms with Gasteiger partial charge in [0.1, 0.15) is 5.69 Å². The van der Waals surface area contributed by atoms with Crippen molar-refractivity contribution in [2.24, 2.45) is 0 Å². The van der Waals surface area contributed by atoms with E-state index in [-0.39, 0.29) is 12.5 Å². The Morgan fingerprint density at radius 2 is 1.77 bits per heavy atom. The van der Waals surface area contributed by atoms with Crippen molar-refractivity contribution in [2.45, 2.75) is 20.3 Å². The molecule has 0 fully saturated rings. The molecule has 0 spiro atoms. The number of pyridine rings is 1. The first-order valence-electron chi connectivity index (χ1n) is 10.1. The molecule has 2 heterocycles. The zero-order valence-corrected chi connectivity index (χ0v) is 17.1. The number of aromatic nitrogens is 3. The second-order valence-electron chi connectivity index (χ2n) is 7.08. The van der Waals surface area contributed by atoms with E-state index in [0.717, 1.165) is 34.3 Å². The van der Waals surface area contributed by atoms with Crippen LogP contribution in [0.25, 0.3) is 28.0 Å². The number of fused-ring (bicyclic) bond motifs is 1. The smallest absolute Gasteiger partial charge is 0.258 e. The average molecular weight is 400 g/mol. The zero-order chi connectivity index (χ0) is 20.9. The first kappa shape index (κ1) is 19.6. The zero-order valence-electron chi connectivity index (χ0n) is 17.1. The van der Waals surface area contributed by atoms with Crippen LogP contribution < -0.4 is 10.1 Å². The highest BCUT2D eigenvalue weighted by Crippen LogP contribution is 2.33. The molecule has 4 aromatic rings. The molecule has 152 valence electrons. The van der Waals surface area contributed by atoms with Crippen LogP contribution >= 0.6 is 0 Å². The Kier molecular flexibility index (Phi) is 5.75. The number of carbonyl (C=O) groups excluding carboxylic acids is 1. The summed E-state index contributed by atoms with van der Waals surface area (Å²) in [6, 6.07) is 21.8. The van der Waals surface area contributed by atoms with E-state index in [1.807, 2.05) is 85.3 Å². The molecule has 1 N–H and O–H groups in total. The molecular weight excluding hydrogens is 376 g/mol. The molecular formula is C24H24N4O2. The number of ether oxygens (including phenoxy) is 1. The number of amides is 1. The summed E-state index contributed by atoms with van der Waals surface area (Å²) in [4.78, 5) is 16.6. The number of aryl methyl sites for hydroxylation is 1. The number of nitrogens with one attached hydrogen (secondary N) is 1. The third kappa shape index (κ3) is 4.03. The van der Waals surface area contributed by atoms with Gasteiger partial charge in [0.05, 0.1) is 11.1 Å². The van der Waals surface area contributed by atoms with Gasteiger partial charge in [-0.15, -0.1) is 0 Å². The summed E-state index contributed by atoms with van der Waals surface area (Å²) in [5, 5.41) is 8.66. The molecule has 0 unspecified atom stereocenters. The van der Waals surface area contributed by atoms with E-state index in [0.29, 0.717) is 18.1 Å². The molecule has 0 bridgehead atoms. The number of nitrogens with zero attached hydrogens (tertiary/aromatic N) is 3. The molecule has 6 nitrogen and oxygen atoms in total. The third-order valence-electron chi connectivity index (χ3n) is 4.78. The normalized spacial score (nSPS) is 10.9. The van der Waals surface area contributed by atoms with Crippen LogP contribution in [-0.4, -0.2) is 33.8 Å². The van der Waals surface area contributed by atoms with Gasteiger partial charge in [-0.05, 0) is 31.0 Å². The van der Waals surface area contributed by atoms with Crippen molar-refractivity contribution in [2.75, 3.05) is 13.2 Å². The fraction of sp³-hybridized carbons (Fsp3) is 0.208. The predicted molar refractivity (Wildman–Crippen MR) is 118 cm³/mol. The summed E-state index contributed by atoms with van der Waals surface area (Å²) in [7, 11) is 0. The van der Waals surface area contributed by atoms with Crippen LogP contribution in [-0.2, 0) is 4.79 Å². The van der Waals surface area contributed by atoms with Crippen molar-refractivity contribution >= 4 is 16.9 Å². The Labute approximate surface area is 175 Å². The van der Waals surface area contributed by atoms with E-state index in [2.05, 4.69) is 5.32 Å². The van der Waals surface area contributed by atoms with Crippen molar-refractivity contribution in [1.29, 1.82) is 0 Å². The maximum Gasteiger partial charge on any atom is 0.258 e. The van der Waals surface area contributed by atoms with Crippen LogP contribution in [0.3, 0.4) is 0 Å². The number of rotatable bonds is 7. The van der Waals surface area contributed by atoms with Crippen molar-refractivity contribution < 1.29 is 9.53 Å². The molecule has 0 radical (unpaired) electrons. The van der Waals surface area contributed by atoms with E-state index in [1.54, 1.807) is 0 Å². The van der Waals surface area contributed by atoms with E-state index in [4.69, 9.17) is 14.8 Å². The summed E-state index contributed by atoms with van der Waals surface area (Å²) in [6.45, 7) is 4.59. The monoisotopic (exact) mass is 400 g/mol. The van der Waals surface area contributed by atoms with Gasteiger partial charge < -0.3 is 10.1 Å². The third-order valence-corrected chi connectivity index (χ3v) is 4.78. The Balaban J connectivity index is 1.79. The van der Waals surface area contributed by atoms with Gasteiger partial charge in [-0.1, -0.05) is 55.5 Å². The largest absolute Gasteiger partial charge is 0.468 e. The molecule has 30 heavy (non-hydrogen) atoms. The summed E-state index contributed by atoms with van der Waals surface area (Å²) in [5.74, 6) is 0.251. The number of hydrogen-bond donors (Lipinski definition) is 1. The number of hydrogen-bond acceptors (Lipinski definition) is 4. The Bertz CT molecular complexity index is 1150. The van der Waals surface area contributed by atoms with Gasteiger partial charge in [0.25, 0.3) is 5.91 Å².